The second-order valence-corrected chi connectivity index (χ2v) is 22.6. The molecule has 1 aromatic heterocycles. The van der Waals surface area contributed by atoms with Gasteiger partial charge in [-0.3, -0.25) is 0 Å². The molecule has 0 amide bonds. The number of hydrogen-bond acceptors (Lipinski definition) is 4. The van der Waals surface area contributed by atoms with E-state index in [0.29, 0.717) is 10.5 Å². The van der Waals surface area contributed by atoms with Crippen LogP contribution in [0.15, 0.2) is 140 Å². The number of rotatable bonds is 5. The number of benzene rings is 7. The first-order valence-corrected chi connectivity index (χ1v) is 24.8. The minimum Gasteiger partial charge on any atom is -0.481 e. The third-order valence-electron chi connectivity index (χ3n) is 15.4. The van der Waals surface area contributed by atoms with E-state index in [1.165, 1.54) is 11.1 Å². The summed E-state index contributed by atoms with van der Waals surface area (Å²) in [5.41, 5.74) is 11.0. The van der Waals surface area contributed by atoms with Gasteiger partial charge in [0.15, 0.2) is 23.3 Å². The van der Waals surface area contributed by atoms with Crippen molar-refractivity contribution in [3.63, 3.8) is 0 Å². The van der Waals surface area contributed by atoms with Crippen LogP contribution in [0.3, 0.4) is 0 Å². The first-order valence-electron chi connectivity index (χ1n) is 24.0. The van der Waals surface area contributed by atoms with Gasteiger partial charge in [0, 0.05) is 43.7 Å². The van der Waals surface area contributed by atoms with Crippen LogP contribution in [0.2, 0.25) is 0 Å². The standard InChI is InChI=1S/C60H50BF5N2OS/c1-34-29-44-50-45(30-34)68(40-25-21-36(22-26-40)58(5,6)7)46-33-48(49-51(62)53(64)55(66)54(65)52(49)63)70-56(46)61(50)42-32-47-41(31-43(42)67(44)39-23-19-35(20-24-39)57(2,3)4)59(37-15-10-8-11-16-37)27-14-28-60(59,69-47)38-17-12-9-13-18-38/h8-13,15-26,29-33H,14,27-28H2,1-7H3. The highest BCUT2D eigenvalue weighted by molar-refractivity contribution is 7.31. The van der Waals surface area contributed by atoms with Crippen molar-refractivity contribution < 1.29 is 26.7 Å². The molecular formula is C60H50BF5N2OS. The molecule has 350 valence electrons. The summed E-state index contributed by atoms with van der Waals surface area (Å²) < 4.78 is 85.3. The fraction of sp³-hybridized carbons (Fsp3) is 0.233. The molecule has 1 saturated carbocycles. The van der Waals surface area contributed by atoms with Gasteiger partial charge < -0.3 is 14.5 Å². The summed E-state index contributed by atoms with van der Waals surface area (Å²) in [5, 5.41) is 0. The van der Waals surface area contributed by atoms with Crippen molar-refractivity contribution in [1.29, 1.82) is 0 Å². The predicted molar refractivity (Wildman–Crippen MR) is 276 cm³/mol. The molecule has 0 radical (unpaired) electrons. The van der Waals surface area contributed by atoms with Crippen LogP contribution < -0.4 is 30.2 Å². The summed E-state index contributed by atoms with van der Waals surface area (Å²) in [7, 11) is 0. The summed E-state index contributed by atoms with van der Waals surface area (Å²) in [4.78, 5) is 4.37. The summed E-state index contributed by atoms with van der Waals surface area (Å²) in [6.45, 7) is 14.6. The molecule has 3 aliphatic heterocycles. The van der Waals surface area contributed by atoms with E-state index >= 15 is 17.6 Å². The maximum atomic E-state index is 16.0. The van der Waals surface area contributed by atoms with Gasteiger partial charge in [-0.15, -0.1) is 11.3 Å². The maximum Gasteiger partial charge on any atom is 0.264 e. The van der Waals surface area contributed by atoms with Crippen LogP contribution in [0, 0.1) is 36.0 Å². The number of halogens is 5. The van der Waals surface area contributed by atoms with Crippen LogP contribution >= 0.6 is 11.3 Å². The Kier molecular flexibility index (Phi) is 9.82. The summed E-state index contributed by atoms with van der Waals surface area (Å²) in [6, 6.07) is 48.7. The highest BCUT2D eigenvalue weighted by atomic mass is 32.1. The number of ether oxygens (including phenoxy) is 1. The van der Waals surface area contributed by atoms with Crippen molar-refractivity contribution in [3.05, 3.63) is 202 Å². The lowest BCUT2D eigenvalue weighted by Gasteiger charge is -2.44. The zero-order valence-corrected chi connectivity index (χ0v) is 40.9. The fourth-order valence-corrected chi connectivity index (χ4v) is 13.5. The van der Waals surface area contributed by atoms with Gasteiger partial charge in [0.1, 0.15) is 11.4 Å². The second kappa shape index (κ2) is 15.4. The molecule has 8 aromatic rings. The Morgan fingerprint density at radius 1 is 0.557 bits per heavy atom. The molecule has 0 N–H and O–H groups in total. The van der Waals surface area contributed by atoms with Crippen LogP contribution in [0.4, 0.5) is 56.1 Å². The van der Waals surface area contributed by atoms with E-state index in [4.69, 9.17) is 4.74 Å². The van der Waals surface area contributed by atoms with E-state index in [1.807, 2.05) is 24.3 Å². The molecule has 3 nitrogen and oxygen atoms in total. The Hall–Kier alpha value is -6.65. The molecule has 0 bridgehead atoms. The molecular weight excluding hydrogens is 903 g/mol. The molecule has 2 unspecified atom stereocenters. The van der Waals surface area contributed by atoms with Crippen molar-refractivity contribution in [2.45, 2.75) is 89.6 Å². The van der Waals surface area contributed by atoms with E-state index in [2.05, 4.69) is 167 Å². The Morgan fingerprint density at radius 3 is 1.61 bits per heavy atom. The molecule has 10 heteroatoms. The number of fused-ring (bicyclic) bond motifs is 7. The van der Waals surface area contributed by atoms with Gasteiger partial charge in [0.25, 0.3) is 6.71 Å². The summed E-state index contributed by atoms with van der Waals surface area (Å²) in [6.07, 6.45) is 2.59. The molecule has 0 spiro atoms. The van der Waals surface area contributed by atoms with Gasteiger partial charge in [-0.2, -0.15) is 0 Å². The molecule has 4 aliphatic rings. The summed E-state index contributed by atoms with van der Waals surface area (Å²) in [5.74, 6) is -9.13. The van der Waals surface area contributed by atoms with Crippen molar-refractivity contribution in [2.75, 3.05) is 9.80 Å². The third kappa shape index (κ3) is 6.23. The average Bonchev–Trinajstić information content (AvgIpc) is 4.03. The van der Waals surface area contributed by atoms with E-state index in [1.54, 1.807) is 6.07 Å². The van der Waals surface area contributed by atoms with E-state index in [0.717, 1.165) is 98.0 Å². The van der Waals surface area contributed by atoms with E-state index < -0.39 is 52.4 Å². The SMILES string of the molecule is Cc1cc2c3c(c1)N(c1ccc(C(C)(C)C)cc1)c1cc(-c4c(F)c(F)c(F)c(F)c4F)sc1B3c1cc3c(cc1N2c1ccc(C(C)(C)C)cc1)C1(c2ccccc2)CCCC1(c1ccccc1)O3. The van der Waals surface area contributed by atoms with Crippen LogP contribution in [0.5, 0.6) is 5.75 Å². The molecule has 2 atom stereocenters. The molecule has 0 saturated heterocycles. The molecule has 4 heterocycles. The van der Waals surface area contributed by atoms with E-state index in [-0.39, 0.29) is 15.7 Å². The van der Waals surface area contributed by atoms with E-state index in [9.17, 15) is 4.39 Å². The minimum absolute atomic E-state index is 0.0695. The lowest BCUT2D eigenvalue weighted by atomic mass is 9.36. The minimum atomic E-state index is -2.19. The second-order valence-electron chi connectivity index (χ2n) is 21.5. The maximum absolute atomic E-state index is 16.0. The van der Waals surface area contributed by atoms with Crippen molar-refractivity contribution >= 4 is 67.9 Å². The first-order chi connectivity index (χ1) is 33.4. The lowest BCUT2D eigenvalue weighted by Crippen LogP contribution is -2.60. The van der Waals surface area contributed by atoms with Gasteiger partial charge in [0.05, 0.1) is 16.7 Å². The van der Waals surface area contributed by atoms with Crippen LogP contribution in [-0.2, 0) is 21.8 Å². The van der Waals surface area contributed by atoms with Gasteiger partial charge in [0.2, 0.25) is 5.82 Å². The van der Waals surface area contributed by atoms with Gasteiger partial charge >= 0.3 is 0 Å². The largest absolute Gasteiger partial charge is 0.481 e. The molecule has 1 aliphatic carbocycles. The normalized spacial score (nSPS) is 18.8. The van der Waals surface area contributed by atoms with Gasteiger partial charge in [-0.1, -0.05) is 126 Å². The number of aryl methyl sites for hydroxylation is 1. The Balaban J connectivity index is 1.18. The Morgan fingerprint density at radius 2 is 1.07 bits per heavy atom. The molecule has 7 aromatic carbocycles. The lowest BCUT2D eigenvalue weighted by molar-refractivity contribution is 0.0532. The number of anilines is 6. The average molecular weight is 953 g/mol. The number of hydrogen-bond donors (Lipinski definition) is 0. The monoisotopic (exact) mass is 952 g/mol. The van der Waals surface area contributed by atoms with Crippen LogP contribution in [-0.4, -0.2) is 6.71 Å². The van der Waals surface area contributed by atoms with Crippen LogP contribution in [0.25, 0.3) is 10.4 Å². The topological polar surface area (TPSA) is 15.7 Å². The van der Waals surface area contributed by atoms with Crippen molar-refractivity contribution in [1.82, 2.24) is 0 Å². The van der Waals surface area contributed by atoms with Gasteiger partial charge in [-0.05, 0) is 130 Å². The fourth-order valence-electron chi connectivity index (χ4n) is 12.1. The highest BCUT2D eigenvalue weighted by Crippen LogP contribution is 2.66. The van der Waals surface area contributed by atoms with Gasteiger partial charge in [-0.25, -0.2) is 22.0 Å². The smallest absolute Gasteiger partial charge is 0.264 e. The van der Waals surface area contributed by atoms with Crippen molar-refractivity contribution in [2.24, 2.45) is 0 Å². The zero-order valence-electron chi connectivity index (χ0n) is 40.1. The quantitative estimate of drug-likeness (QED) is 0.0740. The first kappa shape index (κ1) is 44.6. The Labute approximate surface area is 410 Å². The van der Waals surface area contributed by atoms with Crippen LogP contribution in [0.1, 0.15) is 94.2 Å². The number of nitrogens with zero attached hydrogens (tertiary/aromatic N) is 2. The molecule has 70 heavy (non-hydrogen) atoms. The van der Waals surface area contributed by atoms with Crippen molar-refractivity contribution in [3.8, 4) is 16.2 Å². The molecule has 12 rings (SSSR count). The molecule has 1 fully saturated rings. The third-order valence-corrected chi connectivity index (χ3v) is 16.6. The highest BCUT2D eigenvalue weighted by Gasteiger charge is 2.65. The summed E-state index contributed by atoms with van der Waals surface area (Å²) >= 11 is 1.06. The predicted octanol–water partition coefficient (Wildman–Crippen LogP) is 14.9. The Bertz CT molecular complexity index is 3410. The number of thiophene rings is 1. The zero-order chi connectivity index (χ0) is 48.8.